The molecule has 16 heavy (non-hydrogen) atoms. The zero-order chi connectivity index (χ0) is 11.5. The molecule has 0 bridgehead atoms. The van der Waals surface area contributed by atoms with Crippen molar-refractivity contribution in [3.8, 4) is 0 Å². The molecule has 3 nitrogen and oxygen atoms in total. The van der Waals surface area contributed by atoms with Gasteiger partial charge >= 0.3 is 0 Å². The molecule has 2 rings (SSSR count). The van der Waals surface area contributed by atoms with E-state index in [1.165, 1.54) is 0 Å². The normalized spacial score (nSPS) is 10.6. The molecular formula is C12H11BrN2O. The molecule has 0 saturated carbocycles. The standard InChI is InChI=1S/C12H11BrN2O/c1-2-3-6-15-8-14-11-7-9(13)4-5-10(11)12(15)16/h2,4-5,7-8H,1,3,6H2. The summed E-state index contributed by atoms with van der Waals surface area (Å²) < 4.78 is 2.54. The highest BCUT2D eigenvalue weighted by molar-refractivity contribution is 9.10. The van der Waals surface area contributed by atoms with Crippen LogP contribution >= 0.6 is 15.9 Å². The fraction of sp³-hybridized carbons (Fsp3) is 0.167. The van der Waals surface area contributed by atoms with Gasteiger partial charge < -0.3 is 0 Å². The Labute approximate surface area is 102 Å². The second-order valence-corrected chi connectivity index (χ2v) is 4.40. The SMILES string of the molecule is C=CCCn1cnc2cc(Br)ccc2c1=O. The van der Waals surface area contributed by atoms with Crippen LogP contribution in [-0.4, -0.2) is 9.55 Å². The van der Waals surface area contributed by atoms with Gasteiger partial charge in [-0.1, -0.05) is 22.0 Å². The third kappa shape index (κ3) is 2.07. The van der Waals surface area contributed by atoms with Gasteiger partial charge in [0.05, 0.1) is 17.2 Å². The van der Waals surface area contributed by atoms with Crippen LogP contribution in [0.1, 0.15) is 6.42 Å². The summed E-state index contributed by atoms with van der Waals surface area (Å²) in [5, 5.41) is 0.648. The van der Waals surface area contributed by atoms with Crippen molar-refractivity contribution in [3.63, 3.8) is 0 Å². The summed E-state index contributed by atoms with van der Waals surface area (Å²) in [6.07, 6.45) is 4.14. The van der Waals surface area contributed by atoms with Gasteiger partial charge in [-0.25, -0.2) is 4.98 Å². The van der Waals surface area contributed by atoms with E-state index in [-0.39, 0.29) is 5.56 Å². The van der Waals surface area contributed by atoms with Crippen LogP contribution in [0, 0.1) is 0 Å². The minimum absolute atomic E-state index is 0.000602. The van der Waals surface area contributed by atoms with E-state index in [0.717, 1.165) is 10.9 Å². The Bertz CT molecular complexity index is 589. The first-order chi connectivity index (χ1) is 7.72. The number of benzene rings is 1. The van der Waals surface area contributed by atoms with Crippen molar-refractivity contribution in [3.05, 3.63) is 52.0 Å². The molecule has 0 radical (unpaired) electrons. The van der Waals surface area contributed by atoms with Crippen LogP contribution in [0.5, 0.6) is 0 Å². The summed E-state index contributed by atoms with van der Waals surface area (Å²) in [4.78, 5) is 16.3. The van der Waals surface area contributed by atoms with Gasteiger partial charge in [-0.2, -0.15) is 0 Å². The zero-order valence-corrected chi connectivity index (χ0v) is 10.3. The molecule has 0 aliphatic heterocycles. The lowest BCUT2D eigenvalue weighted by Crippen LogP contribution is -2.20. The molecule has 4 heteroatoms. The summed E-state index contributed by atoms with van der Waals surface area (Å²) in [6, 6.07) is 5.48. The highest BCUT2D eigenvalue weighted by atomic mass is 79.9. The van der Waals surface area contributed by atoms with E-state index < -0.39 is 0 Å². The van der Waals surface area contributed by atoms with Gasteiger partial charge in [-0.3, -0.25) is 9.36 Å². The van der Waals surface area contributed by atoms with Crippen LogP contribution in [0.3, 0.4) is 0 Å². The molecular weight excluding hydrogens is 268 g/mol. The van der Waals surface area contributed by atoms with Crippen LogP contribution in [0.2, 0.25) is 0 Å². The fourth-order valence-corrected chi connectivity index (χ4v) is 1.87. The summed E-state index contributed by atoms with van der Waals surface area (Å²) in [7, 11) is 0. The summed E-state index contributed by atoms with van der Waals surface area (Å²) in [5.74, 6) is 0. The maximum Gasteiger partial charge on any atom is 0.261 e. The quantitative estimate of drug-likeness (QED) is 0.810. The third-order valence-corrected chi connectivity index (χ3v) is 2.85. The molecule has 0 aliphatic rings. The maximum atomic E-state index is 12.0. The van der Waals surface area contributed by atoms with Crippen LogP contribution < -0.4 is 5.56 Å². The van der Waals surface area contributed by atoms with Crippen molar-refractivity contribution in [2.24, 2.45) is 0 Å². The number of hydrogen-bond donors (Lipinski definition) is 0. The van der Waals surface area contributed by atoms with Crippen LogP contribution in [-0.2, 0) is 6.54 Å². The Balaban J connectivity index is 2.56. The molecule has 1 heterocycles. The summed E-state index contributed by atoms with van der Waals surface area (Å²) >= 11 is 3.36. The third-order valence-electron chi connectivity index (χ3n) is 2.36. The minimum atomic E-state index is -0.000602. The number of fused-ring (bicyclic) bond motifs is 1. The van der Waals surface area contributed by atoms with Crippen molar-refractivity contribution in [1.82, 2.24) is 9.55 Å². The van der Waals surface area contributed by atoms with E-state index in [0.29, 0.717) is 17.4 Å². The first-order valence-electron chi connectivity index (χ1n) is 4.98. The Morgan fingerprint density at radius 1 is 1.50 bits per heavy atom. The highest BCUT2D eigenvalue weighted by Crippen LogP contribution is 2.14. The van der Waals surface area contributed by atoms with Crippen molar-refractivity contribution in [1.29, 1.82) is 0 Å². The van der Waals surface area contributed by atoms with E-state index in [2.05, 4.69) is 27.5 Å². The van der Waals surface area contributed by atoms with E-state index in [4.69, 9.17) is 0 Å². The highest BCUT2D eigenvalue weighted by Gasteiger charge is 2.03. The zero-order valence-electron chi connectivity index (χ0n) is 8.69. The molecule has 0 N–H and O–H groups in total. The molecule has 0 spiro atoms. The molecule has 2 aromatic rings. The number of hydrogen-bond acceptors (Lipinski definition) is 2. The monoisotopic (exact) mass is 278 g/mol. The van der Waals surface area contributed by atoms with E-state index in [1.54, 1.807) is 23.0 Å². The van der Waals surface area contributed by atoms with Crippen LogP contribution in [0.15, 0.2) is 46.4 Å². The number of nitrogens with zero attached hydrogens (tertiary/aromatic N) is 2. The average Bonchev–Trinajstić information content (AvgIpc) is 2.28. The molecule has 0 aliphatic carbocycles. The van der Waals surface area contributed by atoms with E-state index in [9.17, 15) is 4.79 Å². The minimum Gasteiger partial charge on any atom is -0.298 e. The number of aromatic nitrogens is 2. The van der Waals surface area contributed by atoms with Gasteiger partial charge in [0.25, 0.3) is 5.56 Å². The van der Waals surface area contributed by atoms with Crippen LogP contribution in [0.4, 0.5) is 0 Å². The molecule has 1 aromatic carbocycles. The number of rotatable bonds is 3. The average molecular weight is 279 g/mol. The molecule has 0 atom stereocenters. The van der Waals surface area contributed by atoms with Gasteiger partial charge in [-0.05, 0) is 24.6 Å². The first kappa shape index (κ1) is 11.1. The lowest BCUT2D eigenvalue weighted by atomic mass is 10.2. The molecule has 0 amide bonds. The van der Waals surface area contributed by atoms with Crippen molar-refractivity contribution in [2.45, 2.75) is 13.0 Å². The molecule has 82 valence electrons. The Kier molecular flexibility index (Phi) is 3.19. The van der Waals surface area contributed by atoms with E-state index >= 15 is 0 Å². The molecule has 0 saturated heterocycles. The van der Waals surface area contributed by atoms with Gasteiger partial charge in [0.15, 0.2) is 0 Å². The smallest absolute Gasteiger partial charge is 0.261 e. The molecule has 0 unspecified atom stereocenters. The predicted octanol–water partition coefficient (Wildman–Crippen LogP) is 2.74. The van der Waals surface area contributed by atoms with Crippen molar-refractivity contribution in [2.75, 3.05) is 0 Å². The van der Waals surface area contributed by atoms with Gasteiger partial charge in [0.2, 0.25) is 0 Å². The Morgan fingerprint density at radius 2 is 2.31 bits per heavy atom. The lowest BCUT2D eigenvalue weighted by molar-refractivity contribution is 0.674. The maximum absolute atomic E-state index is 12.0. The summed E-state index contributed by atoms with van der Waals surface area (Å²) in [5.41, 5.74) is 0.716. The first-order valence-corrected chi connectivity index (χ1v) is 5.77. The Hall–Kier alpha value is -1.42. The van der Waals surface area contributed by atoms with Gasteiger partial charge in [0.1, 0.15) is 0 Å². The van der Waals surface area contributed by atoms with Crippen LogP contribution in [0.25, 0.3) is 10.9 Å². The Morgan fingerprint density at radius 3 is 3.06 bits per heavy atom. The summed E-state index contributed by atoms with van der Waals surface area (Å²) in [6.45, 7) is 4.26. The van der Waals surface area contributed by atoms with Gasteiger partial charge in [-0.15, -0.1) is 6.58 Å². The second-order valence-electron chi connectivity index (χ2n) is 3.48. The molecule has 1 aromatic heterocycles. The largest absolute Gasteiger partial charge is 0.298 e. The molecule has 0 fully saturated rings. The number of aryl methyl sites for hydroxylation is 1. The second kappa shape index (κ2) is 4.61. The van der Waals surface area contributed by atoms with E-state index in [1.807, 2.05) is 12.1 Å². The number of halogens is 1. The number of allylic oxidation sites excluding steroid dienone is 1. The predicted molar refractivity (Wildman–Crippen MR) is 68.5 cm³/mol. The topological polar surface area (TPSA) is 34.9 Å². The van der Waals surface area contributed by atoms with Crippen molar-refractivity contribution < 1.29 is 0 Å². The fourth-order valence-electron chi connectivity index (χ4n) is 1.52. The van der Waals surface area contributed by atoms with Crippen molar-refractivity contribution >= 4 is 26.8 Å². The van der Waals surface area contributed by atoms with Gasteiger partial charge in [0, 0.05) is 11.0 Å². The lowest BCUT2D eigenvalue weighted by Gasteiger charge is -2.04.